The summed E-state index contributed by atoms with van der Waals surface area (Å²) in [5.74, 6) is -0.959. The molecule has 2 fully saturated rings. The molecule has 0 radical (unpaired) electrons. The van der Waals surface area contributed by atoms with Gasteiger partial charge in [-0.2, -0.15) is 13.2 Å². The fourth-order valence-corrected chi connectivity index (χ4v) is 3.29. The molecule has 2 bridgehead atoms. The van der Waals surface area contributed by atoms with E-state index in [9.17, 15) is 22.7 Å². The second-order valence-corrected chi connectivity index (χ2v) is 5.58. The molecule has 3 rings (SSSR count). The lowest BCUT2D eigenvalue weighted by atomic mass is 9.81. The van der Waals surface area contributed by atoms with E-state index in [2.05, 4.69) is 0 Å². The van der Waals surface area contributed by atoms with Crippen LogP contribution in [0.5, 0.6) is 0 Å². The van der Waals surface area contributed by atoms with Crippen molar-refractivity contribution in [2.45, 2.75) is 49.7 Å². The maximum absolute atomic E-state index is 13.1. The van der Waals surface area contributed by atoms with Crippen LogP contribution in [0.1, 0.15) is 36.8 Å². The quantitative estimate of drug-likeness (QED) is 0.804. The first-order chi connectivity index (χ1) is 9.28. The number of hydrogen-bond donors (Lipinski definition) is 1. The van der Waals surface area contributed by atoms with E-state index in [0.29, 0.717) is 6.07 Å². The van der Waals surface area contributed by atoms with E-state index in [0.717, 1.165) is 25.0 Å². The molecule has 2 heterocycles. The first-order valence-corrected chi connectivity index (χ1v) is 6.53. The summed E-state index contributed by atoms with van der Waals surface area (Å²) in [6.45, 7) is 0. The molecule has 2 saturated heterocycles. The van der Waals surface area contributed by atoms with Crippen molar-refractivity contribution in [3.63, 3.8) is 0 Å². The van der Waals surface area contributed by atoms with Gasteiger partial charge in [-0.3, -0.25) is 0 Å². The molecule has 0 amide bonds. The Kier molecular flexibility index (Phi) is 3.06. The smallest absolute Gasteiger partial charge is 0.385 e. The molecule has 1 aromatic rings. The van der Waals surface area contributed by atoms with E-state index in [4.69, 9.17) is 4.74 Å². The highest BCUT2D eigenvalue weighted by atomic mass is 19.4. The van der Waals surface area contributed by atoms with Crippen molar-refractivity contribution >= 4 is 0 Å². The molecular weight excluding hydrogens is 276 g/mol. The van der Waals surface area contributed by atoms with Crippen molar-refractivity contribution in [2.24, 2.45) is 0 Å². The third-order valence-electron chi connectivity index (χ3n) is 4.11. The van der Waals surface area contributed by atoms with Crippen LogP contribution in [0.3, 0.4) is 0 Å². The van der Waals surface area contributed by atoms with Gasteiger partial charge in [0, 0.05) is 12.8 Å². The SMILES string of the molecule is OC1(c2ccc(F)cc2C(F)(F)F)CC2CCC(C1)O2. The summed E-state index contributed by atoms with van der Waals surface area (Å²) in [6.07, 6.45) is -3.39. The monoisotopic (exact) mass is 290 g/mol. The van der Waals surface area contributed by atoms with Crippen LogP contribution >= 0.6 is 0 Å². The highest BCUT2D eigenvalue weighted by molar-refractivity contribution is 5.36. The molecule has 0 aromatic heterocycles. The Hall–Kier alpha value is -1.14. The van der Waals surface area contributed by atoms with E-state index in [-0.39, 0.29) is 30.6 Å². The molecule has 2 atom stereocenters. The van der Waals surface area contributed by atoms with E-state index < -0.39 is 23.2 Å². The highest BCUT2D eigenvalue weighted by Crippen LogP contribution is 2.47. The molecular formula is C14H14F4O2. The van der Waals surface area contributed by atoms with Gasteiger partial charge < -0.3 is 9.84 Å². The number of fused-ring (bicyclic) bond motifs is 2. The highest BCUT2D eigenvalue weighted by Gasteiger charge is 2.48. The molecule has 0 saturated carbocycles. The second kappa shape index (κ2) is 4.43. The molecule has 1 N–H and O–H groups in total. The zero-order valence-corrected chi connectivity index (χ0v) is 10.6. The second-order valence-electron chi connectivity index (χ2n) is 5.58. The maximum Gasteiger partial charge on any atom is 0.416 e. The van der Waals surface area contributed by atoms with Gasteiger partial charge in [0.15, 0.2) is 0 Å². The normalized spacial score (nSPS) is 33.5. The van der Waals surface area contributed by atoms with Gasteiger partial charge in [0.1, 0.15) is 5.82 Å². The van der Waals surface area contributed by atoms with Crippen LogP contribution in [0.15, 0.2) is 18.2 Å². The number of rotatable bonds is 1. The molecule has 2 aliphatic rings. The third kappa shape index (κ3) is 2.31. The van der Waals surface area contributed by atoms with Crippen LogP contribution in [-0.4, -0.2) is 17.3 Å². The molecule has 20 heavy (non-hydrogen) atoms. The topological polar surface area (TPSA) is 29.5 Å². The number of alkyl halides is 3. The number of halogens is 4. The molecule has 2 nitrogen and oxygen atoms in total. The number of aliphatic hydroxyl groups is 1. The summed E-state index contributed by atoms with van der Waals surface area (Å²) in [5, 5.41) is 10.7. The van der Waals surface area contributed by atoms with Gasteiger partial charge in [-0.1, -0.05) is 6.07 Å². The average molecular weight is 290 g/mol. The molecule has 2 unspecified atom stereocenters. The van der Waals surface area contributed by atoms with Crippen molar-refractivity contribution < 1.29 is 27.4 Å². The lowest BCUT2D eigenvalue weighted by Gasteiger charge is -2.38. The zero-order valence-electron chi connectivity index (χ0n) is 10.6. The van der Waals surface area contributed by atoms with Crippen LogP contribution in [0.4, 0.5) is 17.6 Å². The summed E-state index contributed by atoms with van der Waals surface area (Å²) in [4.78, 5) is 0. The molecule has 0 spiro atoms. The minimum absolute atomic E-state index is 0.123. The molecule has 6 heteroatoms. The van der Waals surface area contributed by atoms with Gasteiger partial charge in [0.05, 0.1) is 23.4 Å². The lowest BCUT2D eigenvalue weighted by molar-refractivity contribution is -0.148. The minimum Gasteiger partial charge on any atom is -0.385 e. The predicted molar refractivity (Wildman–Crippen MR) is 62.4 cm³/mol. The van der Waals surface area contributed by atoms with Crippen LogP contribution in [0.25, 0.3) is 0 Å². The Labute approximate surface area is 113 Å². The van der Waals surface area contributed by atoms with Crippen molar-refractivity contribution in [1.29, 1.82) is 0 Å². The van der Waals surface area contributed by atoms with Crippen molar-refractivity contribution in [1.82, 2.24) is 0 Å². The Morgan fingerprint density at radius 1 is 1.15 bits per heavy atom. The van der Waals surface area contributed by atoms with Gasteiger partial charge in [0.25, 0.3) is 0 Å². The average Bonchev–Trinajstić information content (AvgIpc) is 2.68. The van der Waals surface area contributed by atoms with Crippen molar-refractivity contribution in [2.75, 3.05) is 0 Å². The van der Waals surface area contributed by atoms with Gasteiger partial charge in [0.2, 0.25) is 0 Å². The fraction of sp³-hybridized carbons (Fsp3) is 0.571. The van der Waals surface area contributed by atoms with E-state index >= 15 is 0 Å². The molecule has 1 aromatic carbocycles. The van der Waals surface area contributed by atoms with E-state index in [1.807, 2.05) is 0 Å². The van der Waals surface area contributed by atoms with Crippen molar-refractivity contribution in [3.8, 4) is 0 Å². The van der Waals surface area contributed by atoms with E-state index in [1.165, 1.54) is 0 Å². The summed E-state index contributed by atoms with van der Waals surface area (Å²) in [7, 11) is 0. The molecule has 2 aliphatic heterocycles. The van der Waals surface area contributed by atoms with Crippen LogP contribution in [0.2, 0.25) is 0 Å². The Morgan fingerprint density at radius 2 is 1.75 bits per heavy atom. The Balaban J connectivity index is 2.05. The molecule has 0 aliphatic carbocycles. The Morgan fingerprint density at radius 3 is 2.30 bits per heavy atom. The standard InChI is InChI=1S/C14H14F4O2/c15-8-1-4-11(12(5-8)14(16,17)18)13(19)6-9-2-3-10(7-13)20-9/h1,4-5,9-10,19H,2-3,6-7H2. The van der Waals surface area contributed by atoms with Crippen LogP contribution in [0, 0.1) is 5.82 Å². The largest absolute Gasteiger partial charge is 0.416 e. The lowest BCUT2D eigenvalue weighted by Crippen LogP contribution is -2.40. The van der Waals surface area contributed by atoms with Crippen LogP contribution in [-0.2, 0) is 16.5 Å². The summed E-state index contributed by atoms with van der Waals surface area (Å²) < 4.78 is 57.8. The summed E-state index contributed by atoms with van der Waals surface area (Å²) in [5.41, 5.74) is -2.93. The number of hydrogen-bond acceptors (Lipinski definition) is 2. The number of ether oxygens (including phenoxy) is 1. The van der Waals surface area contributed by atoms with Crippen molar-refractivity contribution in [3.05, 3.63) is 35.1 Å². The minimum atomic E-state index is -4.69. The summed E-state index contributed by atoms with van der Waals surface area (Å²) in [6, 6.07) is 2.45. The van der Waals surface area contributed by atoms with Gasteiger partial charge in [-0.25, -0.2) is 4.39 Å². The van der Waals surface area contributed by atoms with Gasteiger partial charge >= 0.3 is 6.18 Å². The first kappa shape index (κ1) is 13.8. The van der Waals surface area contributed by atoms with Crippen LogP contribution < -0.4 is 0 Å². The first-order valence-electron chi connectivity index (χ1n) is 6.53. The van der Waals surface area contributed by atoms with E-state index in [1.54, 1.807) is 0 Å². The number of benzene rings is 1. The zero-order chi connectivity index (χ0) is 14.5. The van der Waals surface area contributed by atoms with Gasteiger partial charge in [-0.15, -0.1) is 0 Å². The fourth-order valence-electron chi connectivity index (χ4n) is 3.29. The summed E-state index contributed by atoms with van der Waals surface area (Å²) >= 11 is 0. The Bertz CT molecular complexity index is 514. The third-order valence-corrected chi connectivity index (χ3v) is 4.11. The maximum atomic E-state index is 13.1. The van der Waals surface area contributed by atoms with Gasteiger partial charge in [-0.05, 0) is 30.5 Å². The molecule has 110 valence electrons. The predicted octanol–water partition coefficient (Wildman–Crippen LogP) is 3.37.